The van der Waals surface area contributed by atoms with Crippen molar-refractivity contribution >= 4 is 11.9 Å². The zero-order valence-electron chi connectivity index (χ0n) is 19.3. The van der Waals surface area contributed by atoms with Gasteiger partial charge in [0.1, 0.15) is 5.75 Å². The van der Waals surface area contributed by atoms with Crippen LogP contribution in [0.25, 0.3) is 0 Å². The number of benzene rings is 1. The summed E-state index contributed by atoms with van der Waals surface area (Å²) in [7, 11) is 0. The van der Waals surface area contributed by atoms with Gasteiger partial charge in [0.2, 0.25) is 0 Å². The minimum absolute atomic E-state index is 0.117. The van der Waals surface area contributed by atoms with Gasteiger partial charge in [0.05, 0.1) is 6.61 Å². The Kier molecular flexibility index (Phi) is 15.7. The Balaban J connectivity index is 1.88. The molecule has 1 aromatic carbocycles. The summed E-state index contributed by atoms with van der Waals surface area (Å²) in [6.07, 6.45) is 15.9. The predicted octanol–water partition coefficient (Wildman–Crippen LogP) is 7.32. The summed E-state index contributed by atoms with van der Waals surface area (Å²) in [5.74, 6) is 0.291. The number of hydrogen-bond acceptors (Lipinski definition) is 4. The molecule has 0 aliphatic carbocycles. The van der Waals surface area contributed by atoms with E-state index in [1.807, 2.05) is 25.1 Å². The standard InChI is InChI=1S/C26H42O4/c1-3-4-5-6-7-8-9-10-11-17-22-29-25(27)20-13-12-14-21-26(28)30-24-19-16-15-18-23(24)2/h15-16,18-19H,3-14,17,20-22H2,1-2H3. The van der Waals surface area contributed by atoms with Crippen molar-refractivity contribution in [2.75, 3.05) is 6.61 Å². The normalized spacial score (nSPS) is 10.7. The van der Waals surface area contributed by atoms with Crippen LogP contribution in [-0.4, -0.2) is 18.5 Å². The average molecular weight is 419 g/mol. The molecular formula is C26H42O4. The minimum atomic E-state index is -0.215. The summed E-state index contributed by atoms with van der Waals surface area (Å²) in [5, 5.41) is 0. The number of aryl methyl sites for hydroxylation is 1. The molecule has 0 N–H and O–H groups in total. The molecular weight excluding hydrogens is 376 g/mol. The molecule has 4 nitrogen and oxygen atoms in total. The van der Waals surface area contributed by atoms with E-state index in [0.717, 1.165) is 37.7 Å². The van der Waals surface area contributed by atoms with Crippen molar-refractivity contribution in [3.8, 4) is 5.75 Å². The number of rotatable bonds is 18. The maximum atomic E-state index is 11.9. The summed E-state index contributed by atoms with van der Waals surface area (Å²) in [6, 6.07) is 7.50. The molecule has 0 aromatic heterocycles. The molecule has 170 valence electrons. The van der Waals surface area contributed by atoms with E-state index in [-0.39, 0.29) is 11.9 Å². The van der Waals surface area contributed by atoms with Gasteiger partial charge >= 0.3 is 11.9 Å². The maximum Gasteiger partial charge on any atom is 0.311 e. The van der Waals surface area contributed by atoms with E-state index in [2.05, 4.69) is 6.92 Å². The van der Waals surface area contributed by atoms with Gasteiger partial charge in [-0.1, -0.05) is 89.3 Å². The molecule has 1 rings (SSSR count). The van der Waals surface area contributed by atoms with Crippen molar-refractivity contribution in [2.45, 2.75) is 110 Å². The van der Waals surface area contributed by atoms with Gasteiger partial charge in [-0.05, 0) is 37.8 Å². The van der Waals surface area contributed by atoms with Gasteiger partial charge in [0, 0.05) is 12.8 Å². The van der Waals surface area contributed by atoms with Gasteiger partial charge < -0.3 is 9.47 Å². The highest BCUT2D eigenvalue weighted by Crippen LogP contribution is 2.17. The molecule has 0 spiro atoms. The van der Waals surface area contributed by atoms with Gasteiger partial charge in [-0.2, -0.15) is 0 Å². The topological polar surface area (TPSA) is 52.6 Å². The quantitative estimate of drug-likeness (QED) is 0.142. The van der Waals surface area contributed by atoms with Crippen molar-refractivity contribution in [1.29, 1.82) is 0 Å². The lowest BCUT2D eigenvalue weighted by atomic mass is 10.1. The van der Waals surface area contributed by atoms with Crippen molar-refractivity contribution in [3.63, 3.8) is 0 Å². The van der Waals surface area contributed by atoms with Crippen molar-refractivity contribution < 1.29 is 19.1 Å². The van der Waals surface area contributed by atoms with Gasteiger partial charge in [0.25, 0.3) is 0 Å². The smallest absolute Gasteiger partial charge is 0.311 e. The lowest BCUT2D eigenvalue weighted by Crippen LogP contribution is -2.09. The van der Waals surface area contributed by atoms with Gasteiger partial charge in [-0.15, -0.1) is 0 Å². The van der Waals surface area contributed by atoms with Crippen LogP contribution < -0.4 is 4.74 Å². The molecule has 30 heavy (non-hydrogen) atoms. The summed E-state index contributed by atoms with van der Waals surface area (Å²) >= 11 is 0. The Labute approximate surface area is 183 Å². The molecule has 0 fully saturated rings. The molecule has 0 aliphatic heterocycles. The minimum Gasteiger partial charge on any atom is -0.466 e. The molecule has 1 aromatic rings. The molecule has 0 unspecified atom stereocenters. The average Bonchev–Trinajstić information content (AvgIpc) is 2.73. The van der Waals surface area contributed by atoms with E-state index in [0.29, 0.717) is 25.2 Å². The Hall–Kier alpha value is -1.84. The summed E-state index contributed by atoms with van der Waals surface area (Å²) < 4.78 is 10.7. The van der Waals surface area contributed by atoms with E-state index in [1.165, 1.54) is 51.4 Å². The molecule has 0 heterocycles. The van der Waals surface area contributed by atoms with Gasteiger partial charge in [-0.25, -0.2) is 0 Å². The molecule has 0 radical (unpaired) electrons. The van der Waals surface area contributed by atoms with E-state index in [1.54, 1.807) is 6.07 Å². The van der Waals surface area contributed by atoms with Crippen molar-refractivity contribution in [2.24, 2.45) is 0 Å². The lowest BCUT2D eigenvalue weighted by Gasteiger charge is -2.07. The fourth-order valence-electron chi connectivity index (χ4n) is 3.41. The van der Waals surface area contributed by atoms with Gasteiger partial charge in [0.15, 0.2) is 0 Å². The number of carbonyl (C=O) groups excluding carboxylic acids is 2. The molecule has 0 aliphatic rings. The molecule has 0 saturated heterocycles. The van der Waals surface area contributed by atoms with Crippen LogP contribution in [0, 0.1) is 6.92 Å². The second-order valence-electron chi connectivity index (χ2n) is 8.20. The predicted molar refractivity (Wildman–Crippen MR) is 123 cm³/mol. The number of unbranched alkanes of at least 4 members (excludes halogenated alkanes) is 11. The van der Waals surface area contributed by atoms with E-state index in [4.69, 9.17) is 9.47 Å². The first-order valence-corrected chi connectivity index (χ1v) is 12.1. The number of ether oxygens (including phenoxy) is 2. The highest BCUT2D eigenvalue weighted by atomic mass is 16.5. The number of esters is 2. The van der Waals surface area contributed by atoms with Crippen molar-refractivity contribution in [1.82, 2.24) is 0 Å². The van der Waals surface area contributed by atoms with E-state index < -0.39 is 0 Å². The summed E-state index contributed by atoms with van der Waals surface area (Å²) in [6.45, 7) is 4.71. The fraction of sp³-hybridized carbons (Fsp3) is 0.692. The second-order valence-corrected chi connectivity index (χ2v) is 8.20. The summed E-state index contributed by atoms with van der Waals surface area (Å²) in [4.78, 5) is 23.6. The van der Waals surface area contributed by atoms with Crippen LogP contribution in [0.1, 0.15) is 109 Å². The molecule has 0 amide bonds. The molecule has 4 heteroatoms. The van der Waals surface area contributed by atoms with E-state index in [9.17, 15) is 9.59 Å². The summed E-state index contributed by atoms with van der Waals surface area (Å²) in [5.41, 5.74) is 0.955. The fourth-order valence-corrected chi connectivity index (χ4v) is 3.41. The Bertz CT molecular complexity index is 582. The van der Waals surface area contributed by atoms with Crippen molar-refractivity contribution in [3.05, 3.63) is 29.8 Å². The Morgan fingerprint density at radius 1 is 0.700 bits per heavy atom. The SMILES string of the molecule is CCCCCCCCCCCCOC(=O)CCCCCC(=O)Oc1ccccc1C. The van der Waals surface area contributed by atoms with Crippen LogP contribution in [0.3, 0.4) is 0 Å². The van der Waals surface area contributed by atoms with E-state index >= 15 is 0 Å². The molecule has 0 saturated carbocycles. The third-order valence-corrected chi connectivity index (χ3v) is 5.34. The number of hydrogen-bond donors (Lipinski definition) is 0. The zero-order chi connectivity index (χ0) is 21.9. The van der Waals surface area contributed by atoms with Crippen LogP contribution >= 0.6 is 0 Å². The third-order valence-electron chi connectivity index (χ3n) is 5.34. The first kappa shape index (κ1) is 26.2. The number of carbonyl (C=O) groups is 2. The lowest BCUT2D eigenvalue weighted by molar-refractivity contribution is -0.143. The third kappa shape index (κ3) is 14.2. The second kappa shape index (κ2) is 18.0. The number of para-hydroxylation sites is 1. The monoisotopic (exact) mass is 418 g/mol. The highest BCUT2D eigenvalue weighted by molar-refractivity contribution is 5.72. The van der Waals surface area contributed by atoms with Crippen LogP contribution in [0.15, 0.2) is 24.3 Å². The Morgan fingerprint density at radius 2 is 1.23 bits per heavy atom. The maximum absolute atomic E-state index is 11.9. The van der Waals surface area contributed by atoms with Crippen LogP contribution in [0.2, 0.25) is 0 Å². The molecule has 0 bridgehead atoms. The van der Waals surface area contributed by atoms with Gasteiger partial charge in [-0.3, -0.25) is 9.59 Å². The molecule has 0 atom stereocenters. The first-order chi connectivity index (χ1) is 14.6. The van der Waals surface area contributed by atoms with Crippen LogP contribution in [0.5, 0.6) is 5.75 Å². The zero-order valence-corrected chi connectivity index (χ0v) is 19.3. The largest absolute Gasteiger partial charge is 0.466 e. The highest BCUT2D eigenvalue weighted by Gasteiger charge is 2.07. The van der Waals surface area contributed by atoms with Crippen LogP contribution in [0.4, 0.5) is 0 Å². The van der Waals surface area contributed by atoms with Crippen LogP contribution in [-0.2, 0) is 14.3 Å². The Morgan fingerprint density at radius 3 is 1.87 bits per heavy atom. The first-order valence-electron chi connectivity index (χ1n) is 12.1.